The van der Waals surface area contributed by atoms with Gasteiger partial charge in [0.25, 0.3) is 5.91 Å². The van der Waals surface area contributed by atoms with Crippen LogP contribution in [-0.4, -0.2) is 31.6 Å². The molecule has 0 fully saturated rings. The van der Waals surface area contributed by atoms with Crippen LogP contribution in [0.4, 0.5) is 0 Å². The molecule has 0 unspecified atom stereocenters. The van der Waals surface area contributed by atoms with Gasteiger partial charge in [-0.2, -0.15) is 0 Å². The summed E-state index contributed by atoms with van der Waals surface area (Å²) < 4.78 is 7.43. The summed E-state index contributed by atoms with van der Waals surface area (Å²) in [6.45, 7) is 3.79. The fourth-order valence-electron chi connectivity index (χ4n) is 1.53. The summed E-state index contributed by atoms with van der Waals surface area (Å²) in [6, 6.07) is 3.67. The summed E-state index contributed by atoms with van der Waals surface area (Å²) in [5, 5.41) is 2.65. The first-order valence-electron chi connectivity index (χ1n) is 6.55. The molecule has 1 amide bonds. The highest BCUT2D eigenvalue weighted by Gasteiger charge is 2.04. The lowest BCUT2D eigenvalue weighted by Crippen LogP contribution is -2.33. The van der Waals surface area contributed by atoms with Crippen molar-refractivity contribution in [2.24, 2.45) is 16.5 Å². The van der Waals surface area contributed by atoms with E-state index in [0.717, 1.165) is 13.0 Å². The molecule has 20 heavy (non-hydrogen) atoms. The number of hydrogen-bond acceptors (Lipinski definition) is 3. The van der Waals surface area contributed by atoms with Gasteiger partial charge in [0.1, 0.15) is 12.3 Å². The number of rotatable bonds is 8. The SMILES string of the molecule is CCC[n+]1ccc(OCC(=O)NCCN=C(N)N)cc1. The van der Waals surface area contributed by atoms with Crippen molar-refractivity contribution in [2.45, 2.75) is 19.9 Å². The summed E-state index contributed by atoms with van der Waals surface area (Å²) in [6.07, 6.45) is 4.92. The molecule has 0 saturated heterocycles. The normalized spacial score (nSPS) is 9.85. The Balaban J connectivity index is 2.25. The number of ether oxygens (including phenoxy) is 1. The summed E-state index contributed by atoms with van der Waals surface area (Å²) in [4.78, 5) is 15.2. The van der Waals surface area contributed by atoms with Crippen molar-refractivity contribution < 1.29 is 14.1 Å². The van der Waals surface area contributed by atoms with Gasteiger partial charge >= 0.3 is 0 Å². The van der Waals surface area contributed by atoms with Gasteiger partial charge in [0.15, 0.2) is 25.0 Å². The Labute approximate surface area is 118 Å². The maximum atomic E-state index is 11.5. The average Bonchev–Trinajstić information content (AvgIpc) is 2.43. The van der Waals surface area contributed by atoms with Crippen LogP contribution in [0.1, 0.15) is 13.3 Å². The van der Waals surface area contributed by atoms with E-state index in [1.165, 1.54) is 0 Å². The van der Waals surface area contributed by atoms with Crippen molar-refractivity contribution in [3.63, 3.8) is 0 Å². The van der Waals surface area contributed by atoms with E-state index in [1.807, 2.05) is 24.5 Å². The molecule has 7 nitrogen and oxygen atoms in total. The first kappa shape index (κ1) is 15.7. The van der Waals surface area contributed by atoms with Crippen LogP contribution in [0.3, 0.4) is 0 Å². The standard InChI is InChI=1S/C13H21N5O2/c1-2-7-18-8-3-11(4-9-18)20-10-12(19)16-5-6-17-13(14)15/h3-4,8-9H,2,5-7,10H2,1H3,(H4-,14,15,16,17,19)/p+1. The topological polar surface area (TPSA) is 107 Å². The Bertz CT molecular complexity index is 441. The molecule has 0 bridgehead atoms. The second-order valence-electron chi connectivity index (χ2n) is 4.22. The number of aliphatic imine (C=N–C) groups is 1. The molecule has 0 radical (unpaired) electrons. The minimum absolute atomic E-state index is 0.0140. The molecule has 0 aliphatic heterocycles. The summed E-state index contributed by atoms with van der Waals surface area (Å²) >= 11 is 0. The van der Waals surface area contributed by atoms with Crippen molar-refractivity contribution in [3.8, 4) is 5.75 Å². The smallest absolute Gasteiger partial charge is 0.258 e. The van der Waals surface area contributed by atoms with Crippen LogP contribution in [0.25, 0.3) is 0 Å². The monoisotopic (exact) mass is 280 g/mol. The first-order chi connectivity index (χ1) is 9.61. The Morgan fingerprint density at radius 2 is 2.10 bits per heavy atom. The highest BCUT2D eigenvalue weighted by Crippen LogP contribution is 2.05. The Morgan fingerprint density at radius 3 is 2.70 bits per heavy atom. The molecule has 5 N–H and O–H groups in total. The van der Waals surface area contributed by atoms with Gasteiger partial charge in [-0.15, -0.1) is 0 Å². The van der Waals surface area contributed by atoms with Gasteiger partial charge in [-0.3, -0.25) is 9.79 Å². The molecular formula is C13H22N5O2+. The van der Waals surface area contributed by atoms with Crippen molar-refractivity contribution in [2.75, 3.05) is 19.7 Å². The van der Waals surface area contributed by atoms with E-state index in [4.69, 9.17) is 16.2 Å². The summed E-state index contributed by atoms with van der Waals surface area (Å²) in [7, 11) is 0. The number of hydrogen-bond donors (Lipinski definition) is 3. The quantitative estimate of drug-likeness (QED) is 0.249. The zero-order valence-corrected chi connectivity index (χ0v) is 11.7. The van der Waals surface area contributed by atoms with Gasteiger partial charge in [-0.25, -0.2) is 4.57 Å². The predicted molar refractivity (Wildman–Crippen MR) is 76.1 cm³/mol. The number of guanidine groups is 1. The molecule has 110 valence electrons. The molecule has 1 aromatic heterocycles. The number of nitrogens with two attached hydrogens (primary N) is 2. The molecule has 0 spiro atoms. The van der Waals surface area contributed by atoms with Crippen LogP contribution in [-0.2, 0) is 11.3 Å². The molecular weight excluding hydrogens is 258 g/mol. The molecule has 1 rings (SSSR count). The summed E-state index contributed by atoms with van der Waals surface area (Å²) in [5.41, 5.74) is 10.3. The number of carbonyl (C=O) groups is 1. The van der Waals surface area contributed by atoms with Crippen molar-refractivity contribution in [1.29, 1.82) is 0 Å². The van der Waals surface area contributed by atoms with Gasteiger partial charge in [0.2, 0.25) is 0 Å². The van der Waals surface area contributed by atoms with E-state index in [1.54, 1.807) is 0 Å². The van der Waals surface area contributed by atoms with Crippen molar-refractivity contribution in [3.05, 3.63) is 24.5 Å². The van der Waals surface area contributed by atoms with E-state index >= 15 is 0 Å². The van der Waals surface area contributed by atoms with Gasteiger partial charge in [0.05, 0.1) is 6.54 Å². The second-order valence-corrected chi connectivity index (χ2v) is 4.22. The number of amides is 1. The van der Waals surface area contributed by atoms with E-state index < -0.39 is 0 Å². The molecule has 7 heteroatoms. The molecule has 0 aromatic carbocycles. The minimum Gasteiger partial charge on any atom is -0.483 e. The van der Waals surface area contributed by atoms with Gasteiger partial charge < -0.3 is 21.5 Å². The van der Waals surface area contributed by atoms with E-state index in [0.29, 0.717) is 18.8 Å². The lowest BCUT2D eigenvalue weighted by molar-refractivity contribution is -0.697. The minimum atomic E-state index is -0.207. The maximum absolute atomic E-state index is 11.5. The van der Waals surface area contributed by atoms with Crippen LogP contribution in [0, 0.1) is 0 Å². The molecule has 0 atom stereocenters. The number of carbonyl (C=O) groups excluding carboxylic acids is 1. The highest BCUT2D eigenvalue weighted by atomic mass is 16.5. The number of pyridine rings is 1. The Kier molecular flexibility index (Phi) is 6.88. The van der Waals surface area contributed by atoms with Crippen LogP contribution in [0.15, 0.2) is 29.5 Å². The van der Waals surface area contributed by atoms with Crippen LogP contribution in [0.2, 0.25) is 0 Å². The summed E-state index contributed by atoms with van der Waals surface area (Å²) in [5.74, 6) is 0.470. The van der Waals surface area contributed by atoms with Gasteiger partial charge in [-0.1, -0.05) is 6.92 Å². The Hall–Kier alpha value is -2.31. The fourth-order valence-corrected chi connectivity index (χ4v) is 1.53. The molecule has 0 aliphatic carbocycles. The maximum Gasteiger partial charge on any atom is 0.258 e. The molecule has 1 aromatic rings. The predicted octanol–water partition coefficient (Wildman–Crippen LogP) is -0.847. The zero-order chi connectivity index (χ0) is 14.8. The van der Waals surface area contributed by atoms with E-state index in [9.17, 15) is 4.79 Å². The number of nitrogens with one attached hydrogen (secondary N) is 1. The first-order valence-corrected chi connectivity index (χ1v) is 6.55. The zero-order valence-electron chi connectivity index (χ0n) is 11.7. The van der Waals surface area contributed by atoms with Crippen LogP contribution in [0.5, 0.6) is 5.75 Å². The lowest BCUT2D eigenvalue weighted by atomic mass is 10.4. The van der Waals surface area contributed by atoms with Gasteiger partial charge in [0, 0.05) is 25.1 Å². The third-order valence-corrected chi connectivity index (χ3v) is 2.44. The molecule has 1 heterocycles. The van der Waals surface area contributed by atoms with Crippen molar-refractivity contribution >= 4 is 11.9 Å². The molecule has 0 saturated carbocycles. The average molecular weight is 280 g/mol. The second kappa shape index (κ2) is 8.73. The van der Waals surface area contributed by atoms with Gasteiger partial charge in [-0.05, 0) is 0 Å². The largest absolute Gasteiger partial charge is 0.483 e. The van der Waals surface area contributed by atoms with E-state index in [2.05, 4.69) is 21.8 Å². The molecule has 0 aliphatic rings. The van der Waals surface area contributed by atoms with Crippen molar-refractivity contribution in [1.82, 2.24) is 5.32 Å². The number of nitrogens with zero attached hydrogens (tertiary/aromatic N) is 2. The fraction of sp³-hybridized carbons (Fsp3) is 0.462. The Morgan fingerprint density at radius 1 is 1.40 bits per heavy atom. The number of aromatic nitrogens is 1. The van der Waals surface area contributed by atoms with Crippen LogP contribution < -0.4 is 26.1 Å². The third kappa shape index (κ3) is 6.58. The third-order valence-electron chi connectivity index (χ3n) is 2.44. The number of aryl methyl sites for hydroxylation is 1. The highest BCUT2D eigenvalue weighted by molar-refractivity contribution is 5.77. The lowest BCUT2D eigenvalue weighted by Gasteiger charge is -2.06. The van der Waals surface area contributed by atoms with Crippen LogP contribution >= 0.6 is 0 Å². The van der Waals surface area contributed by atoms with E-state index in [-0.39, 0.29) is 18.5 Å².